The Bertz CT molecular complexity index is 155. The third-order valence-corrected chi connectivity index (χ3v) is 2.63. The van der Waals surface area contributed by atoms with Gasteiger partial charge in [-0.3, -0.25) is 0 Å². The van der Waals surface area contributed by atoms with Crippen LogP contribution < -0.4 is 11.1 Å². The van der Waals surface area contributed by atoms with Crippen molar-refractivity contribution in [2.45, 2.75) is 58.4 Å². The molecule has 0 saturated heterocycles. The number of hydrogen-bond donors (Lipinski definition) is 2. The van der Waals surface area contributed by atoms with Crippen LogP contribution in [0, 0.1) is 0 Å². The first-order valence-electron chi connectivity index (χ1n) is 6.28. The molecule has 0 saturated carbocycles. The lowest BCUT2D eigenvalue weighted by Crippen LogP contribution is -2.36. The first-order valence-corrected chi connectivity index (χ1v) is 6.28. The van der Waals surface area contributed by atoms with Crippen LogP contribution in [0.15, 0.2) is 12.2 Å². The zero-order chi connectivity index (χ0) is 11.5. The normalized spacial score (nSPS) is 12.7. The molecule has 2 heteroatoms. The summed E-state index contributed by atoms with van der Waals surface area (Å²) in [6, 6.07) is 0.475. The number of nitrogens with one attached hydrogen (secondary N) is 1. The molecule has 1 atom stereocenters. The van der Waals surface area contributed by atoms with Crippen molar-refractivity contribution in [2.24, 2.45) is 5.73 Å². The van der Waals surface area contributed by atoms with Crippen molar-refractivity contribution in [2.75, 3.05) is 13.1 Å². The summed E-state index contributed by atoms with van der Waals surface area (Å²) in [5, 5.41) is 3.44. The summed E-state index contributed by atoms with van der Waals surface area (Å²) in [6.07, 6.45) is 7.90. The van der Waals surface area contributed by atoms with Crippen LogP contribution in [0.5, 0.6) is 0 Å². The Morgan fingerprint density at radius 3 is 2.47 bits per heavy atom. The molecule has 2 nitrogen and oxygen atoms in total. The van der Waals surface area contributed by atoms with Gasteiger partial charge in [0.25, 0.3) is 0 Å². The molecule has 0 spiro atoms. The van der Waals surface area contributed by atoms with Crippen LogP contribution in [0.25, 0.3) is 0 Å². The van der Waals surface area contributed by atoms with Gasteiger partial charge >= 0.3 is 0 Å². The second-order valence-corrected chi connectivity index (χ2v) is 4.47. The van der Waals surface area contributed by atoms with E-state index in [1.807, 2.05) is 6.92 Å². The van der Waals surface area contributed by atoms with Gasteiger partial charge in [0, 0.05) is 19.1 Å². The molecule has 0 bridgehead atoms. The molecule has 0 fully saturated rings. The van der Waals surface area contributed by atoms with Gasteiger partial charge in [-0.2, -0.15) is 0 Å². The van der Waals surface area contributed by atoms with Gasteiger partial charge in [0.1, 0.15) is 0 Å². The highest BCUT2D eigenvalue weighted by molar-refractivity contribution is 4.91. The molecule has 0 aromatic heterocycles. The highest BCUT2D eigenvalue weighted by atomic mass is 14.9. The van der Waals surface area contributed by atoms with Crippen molar-refractivity contribution in [1.82, 2.24) is 5.32 Å². The fourth-order valence-corrected chi connectivity index (χ4v) is 1.62. The molecule has 0 radical (unpaired) electrons. The average molecular weight is 212 g/mol. The smallest absolute Gasteiger partial charge is 0.0193 e. The summed E-state index contributed by atoms with van der Waals surface area (Å²) in [6.45, 7) is 9.81. The first-order chi connectivity index (χ1) is 7.20. The van der Waals surface area contributed by atoms with E-state index in [4.69, 9.17) is 5.73 Å². The molecule has 15 heavy (non-hydrogen) atoms. The van der Waals surface area contributed by atoms with Gasteiger partial charge in [0.2, 0.25) is 0 Å². The maximum Gasteiger partial charge on any atom is 0.0193 e. The lowest BCUT2D eigenvalue weighted by atomic mass is 10.1. The van der Waals surface area contributed by atoms with Crippen LogP contribution in [0.1, 0.15) is 52.4 Å². The molecular formula is C13H28N2. The van der Waals surface area contributed by atoms with Crippen LogP contribution in [-0.4, -0.2) is 19.1 Å². The van der Waals surface area contributed by atoms with E-state index in [1.165, 1.54) is 44.1 Å². The minimum Gasteiger partial charge on any atom is -0.329 e. The summed E-state index contributed by atoms with van der Waals surface area (Å²) in [5.41, 5.74) is 6.89. The molecule has 0 amide bonds. The van der Waals surface area contributed by atoms with Crippen molar-refractivity contribution in [3.05, 3.63) is 12.2 Å². The fraction of sp³-hybridized carbons (Fsp3) is 0.846. The molecule has 0 heterocycles. The maximum atomic E-state index is 5.71. The Morgan fingerprint density at radius 1 is 1.27 bits per heavy atom. The standard InChI is InChI=1S/C13H28N2/c1-4-5-6-7-8-9-13(10-14)15-11-12(2)3/h13,15H,2,4-11,14H2,1,3H3. The van der Waals surface area contributed by atoms with Crippen molar-refractivity contribution < 1.29 is 0 Å². The van der Waals surface area contributed by atoms with E-state index in [0.29, 0.717) is 6.04 Å². The second-order valence-electron chi connectivity index (χ2n) is 4.47. The maximum absolute atomic E-state index is 5.71. The Hall–Kier alpha value is -0.340. The van der Waals surface area contributed by atoms with Gasteiger partial charge in [-0.1, -0.05) is 51.2 Å². The Morgan fingerprint density at radius 2 is 1.93 bits per heavy atom. The quantitative estimate of drug-likeness (QED) is 0.432. The topological polar surface area (TPSA) is 38.0 Å². The van der Waals surface area contributed by atoms with E-state index < -0.39 is 0 Å². The summed E-state index contributed by atoms with van der Waals surface area (Å²) in [5.74, 6) is 0. The third-order valence-electron chi connectivity index (χ3n) is 2.63. The van der Waals surface area contributed by atoms with Crippen LogP contribution in [0.4, 0.5) is 0 Å². The van der Waals surface area contributed by atoms with Crippen molar-refractivity contribution >= 4 is 0 Å². The summed E-state index contributed by atoms with van der Waals surface area (Å²) >= 11 is 0. The van der Waals surface area contributed by atoms with E-state index >= 15 is 0 Å². The molecule has 0 aromatic carbocycles. The molecule has 0 aliphatic rings. The molecule has 1 unspecified atom stereocenters. The average Bonchev–Trinajstić information content (AvgIpc) is 2.22. The SMILES string of the molecule is C=C(C)CNC(CN)CCCCCCC. The lowest BCUT2D eigenvalue weighted by Gasteiger charge is -2.16. The van der Waals surface area contributed by atoms with Gasteiger partial charge < -0.3 is 11.1 Å². The Labute approximate surface area is 95.3 Å². The van der Waals surface area contributed by atoms with Crippen molar-refractivity contribution in [1.29, 1.82) is 0 Å². The van der Waals surface area contributed by atoms with Crippen LogP contribution >= 0.6 is 0 Å². The largest absolute Gasteiger partial charge is 0.329 e. The fourth-order valence-electron chi connectivity index (χ4n) is 1.62. The molecule has 0 aliphatic heterocycles. The highest BCUT2D eigenvalue weighted by Crippen LogP contribution is 2.06. The van der Waals surface area contributed by atoms with E-state index in [1.54, 1.807) is 0 Å². The number of nitrogens with two attached hydrogens (primary N) is 1. The Kier molecular flexibility index (Phi) is 9.96. The monoisotopic (exact) mass is 212 g/mol. The molecule has 0 aromatic rings. The predicted octanol–water partition coefficient (Wildman–Crippen LogP) is 2.84. The number of unbranched alkanes of at least 4 members (excludes halogenated alkanes) is 4. The minimum absolute atomic E-state index is 0.475. The Balaban J connectivity index is 3.40. The van der Waals surface area contributed by atoms with Crippen molar-refractivity contribution in [3.8, 4) is 0 Å². The van der Waals surface area contributed by atoms with E-state index in [2.05, 4.69) is 18.8 Å². The van der Waals surface area contributed by atoms with Crippen LogP contribution in [0.2, 0.25) is 0 Å². The third kappa shape index (κ3) is 9.95. The number of rotatable bonds is 10. The second kappa shape index (κ2) is 10.2. The first kappa shape index (κ1) is 14.7. The molecule has 0 aliphatic carbocycles. The van der Waals surface area contributed by atoms with Crippen LogP contribution in [-0.2, 0) is 0 Å². The zero-order valence-electron chi connectivity index (χ0n) is 10.5. The van der Waals surface area contributed by atoms with Gasteiger partial charge in [-0.25, -0.2) is 0 Å². The van der Waals surface area contributed by atoms with Gasteiger partial charge in [0.15, 0.2) is 0 Å². The predicted molar refractivity (Wildman–Crippen MR) is 69.0 cm³/mol. The number of hydrogen-bond acceptors (Lipinski definition) is 2. The molecular weight excluding hydrogens is 184 g/mol. The summed E-state index contributed by atoms with van der Waals surface area (Å²) < 4.78 is 0. The van der Waals surface area contributed by atoms with E-state index in [-0.39, 0.29) is 0 Å². The summed E-state index contributed by atoms with van der Waals surface area (Å²) in [4.78, 5) is 0. The molecule has 3 N–H and O–H groups in total. The lowest BCUT2D eigenvalue weighted by molar-refractivity contribution is 0.474. The highest BCUT2D eigenvalue weighted by Gasteiger charge is 2.04. The zero-order valence-corrected chi connectivity index (χ0v) is 10.5. The minimum atomic E-state index is 0.475. The van der Waals surface area contributed by atoms with Gasteiger partial charge in [-0.15, -0.1) is 0 Å². The molecule has 0 rings (SSSR count). The van der Waals surface area contributed by atoms with E-state index in [9.17, 15) is 0 Å². The molecule has 90 valence electrons. The van der Waals surface area contributed by atoms with E-state index in [0.717, 1.165) is 13.1 Å². The van der Waals surface area contributed by atoms with Crippen LogP contribution in [0.3, 0.4) is 0 Å². The van der Waals surface area contributed by atoms with Gasteiger partial charge in [-0.05, 0) is 13.3 Å². The van der Waals surface area contributed by atoms with Crippen molar-refractivity contribution in [3.63, 3.8) is 0 Å². The summed E-state index contributed by atoms with van der Waals surface area (Å²) in [7, 11) is 0. The van der Waals surface area contributed by atoms with Gasteiger partial charge in [0.05, 0.1) is 0 Å².